The molecule has 1 amide bonds. The number of hydrogen-bond acceptors (Lipinski definition) is 3. The fraction of sp³-hybridized carbons (Fsp3) is 0.188. The molecule has 0 bridgehead atoms. The summed E-state index contributed by atoms with van der Waals surface area (Å²) in [4.78, 5) is 14.0. The van der Waals surface area contributed by atoms with Crippen LogP contribution in [0.5, 0.6) is 0 Å². The summed E-state index contributed by atoms with van der Waals surface area (Å²) in [5, 5.41) is 0. The Bertz CT molecular complexity index is 871. The summed E-state index contributed by atoms with van der Waals surface area (Å²) in [6, 6.07) is 11.0. The number of halogens is 2. The van der Waals surface area contributed by atoms with Crippen LogP contribution in [0.1, 0.15) is 6.42 Å². The molecule has 2 aromatic carbocycles. The van der Waals surface area contributed by atoms with Crippen LogP contribution in [-0.2, 0) is 14.8 Å². The Labute approximate surface area is 147 Å². The van der Waals surface area contributed by atoms with Crippen LogP contribution in [0, 0.1) is 5.82 Å². The summed E-state index contributed by atoms with van der Waals surface area (Å²) >= 11 is 3.23. The molecule has 0 radical (unpaired) electrons. The summed E-state index contributed by atoms with van der Waals surface area (Å²) in [5.74, 6) is -0.738. The molecule has 1 fully saturated rings. The van der Waals surface area contributed by atoms with E-state index in [2.05, 4.69) is 20.7 Å². The van der Waals surface area contributed by atoms with Crippen molar-refractivity contribution in [3.05, 3.63) is 58.8 Å². The summed E-state index contributed by atoms with van der Waals surface area (Å²) in [6.07, 6.45) is 0.351. The summed E-state index contributed by atoms with van der Waals surface area (Å²) in [5.41, 5.74) is 0.547. The van der Waals surface area contributed by atoms with E-state index in [1.165, 1.54) is 41.3 Å². The molecule has 1 N–H and O–H groups in total. The van der Waals surface area contributed by atoms with Gasteiger partial charge in [-0.3, -0.25) is 4.79 Å². The van der Waals surface area contributed by atoms with Crippen molar-refractivity contribution in [3.63, 3.8) is 0 Å². The van der Waals surface area contributed by atoms with E-state index in [4.69, 9.17) is 0 Å². The van der Waals surface area contributed by atoms with E-state index in [0.29, 0.717) is 23.1 Å². The molecule has 1 unspecified atom stereocenters. The van der Waals surface area contributed by atoms with Crippen LogP contribution in [0.15, 0.2) is 57.9 Å². The summed E-state index contributed by atoms with van der Waals surface area (Å²) < 4.78 is 40.9. The highest BCUT2D eigenvalue weighted by Gasteiger charge is 2.35. The predicted molar refractivity (Wildman–Crippen MR) is 91.6 cm³/mol. The lowest BCUT2D eigenvalue weighted by Gasteiger charge is -2.17. The SMILES string of the molecule is O=C1C(NS(=O)(=O)c2cccc(Br)c2)CCN1c1ccc(F)cc1. The average molecular weight is 413 g/mol. The number of hydrogen-bond donors (Lipinski definition) is 1. The van der Waals surface area contributed by atoms with Crippen molar-refractivity contribution in [2.45, 2.75) is 17.4 Å². The molecule has 2 aromatic rings. The van der Waals surface area contributed by atoms with E-state index in [-0.39, 0.29) is 10.8 Å². The van der Waals surface area contributed by atoms with Gasteiger partial charge >= 0.3 is 0 Å². The first kappa shape index (κ1) is 17.1. The second-order valence-electron chi connectivity index (χ2n) is 5.39. The van der Waals surface area contributed by atoms with Crippen molar-refractivity contribution in [2.24, 2.45) is 0 Å². The normalized spacial score (nSPS) is 18.2. The van der Waals surface area contributed by atoms with Gasteiger partial charge in [0.15, 0.2) is 0 Å². The number of anilines is 1. The Morgan fingerprint density at radius 3 is 2.54 bits per heavy atom. The quantitative estimate of drug-likeness (QED) is 0.839. The number of sulfonamides is 1. The first-order chi connectivity index (χ1) is 11.4. The molecule has 1 saturated heterocycles. The molecular weight excluding hydrogens is 399 g/mol. The highest BCUT2D eigenvalue weighted by atomic mass is 79.9. The zero-order valence-corrected chi connectivity index (χ0v) is 14.8. The van der Waals surface area contributed by atoms with Gasteiger partial charge in [0.25, 0.3) is 0 Å². The second-order valence-corrected chi connectivity index (χ2v) is 8.02. The van der Waals surface area contributed by atoms with Crippen LogP contribution >= 0.6 is 15.9 Å². The van der Waals surface area contributed by atoms with Crippen molar-refractivity contribution in [1.29, 1.82) is 0 Å². The van der Waals surface area contributed by atoms with Crippen LogP contribution in [0.4, 0.5) is 10.1 Å². The Morgan fingerprint density at radius 1 is 1.17 bits per heavy atom. The van der Waals surface area contributed by atoms with E-state index in [1.54, 1.807) is 12.1 Å². The first-order valence-electron chi connectivity index (χ1n) is 7.22. The molecule has 0 saturated carbocycles. The number of nitrogens with one attached hydrogen (secondary N) is 1. The van der Waals surface area contributed by atoms with Gasteiger partial charge in [-0.05, 0) is 48.9 Å². The largest absolute Gasteiger partial charge is 0.311 e. The fourth-order valence-corrected chi connectivity index (χ4v) is 4.38. The number of nitrogens with zero attached hydrogens (tertiary/aromatic N) is 1. The highest BCUT2D eigenvalue weighted by molar-refractivity contribution is 9.10. The number of carbonyl (C=O) groups is 1. The number of benzene rings is 2. The Balaban J connectivity index is 1.77. The molecule has 1 aliphatic rings. The van der Waals surface area contributed by atoms with Crippen LogP contribution in [0.2, 0.25) is 0 Å². The molecule has 24 heavy (non-hydrogen) atoms. The van der Waals surface area contributed by atoms with Gasteiger partial charge < -0.3 is 4.90 Å². The van der Waals surface area contributed by atoms with Crippen LogP contribution < -0.4 is 9.62 Å². The Hall–Kier alpha value is -1.77. The molecule has 0 spiro atoms. The lowest BCUT2D eigenvalue weighted by Crippen LogP contribution is -2.41. The second kappa shape index (κ2) is 6.62. The van der Waals surface area contributed by atoms with Crippen molar-refractivity contribution in [3.8, 4) is 0 Å². The monoisotopic (exact) mass is 412 g/mol. The topological polar surface area (TPSA) is 66.5 Å². The fourth-order valence-electron chi connectivity index (χ4n) is 2.56. The van der Waals surface area contributed by atoms with Gasteiger partial charge in [0.05, 0.1) is 4.90 Å². The van der Waals surface area contributed by atoms with E-state index in [9.17, 15) is 17.6 Å². The van der Waals surface area contributed by atoms with Gasteiger partial charge in [0, 0.05) is 16.7 Å². The Kier molecular flexibility index (Phi) is 4.71. The lowest BCUT2D eigenvalue weighted by molar-refractivity contribution is -0.118. The van der Waals surface area contributed by atoms with Gasteiger partial charge in [0.2, 0.25) is 15.9 Å². The third-order valence-corrected chi connectivity index (χ3v) is 5.71. The van der Waals surface area contributed by atoms with Gasteiger partial charge in [-0.2, -0.15) is 4.72 Å². The van der Waals surface area contributed by atoms with Crippen LogP contribution in [0.3, 0.4) is 0 Å². The predicted octanol–water partition coefficient (Wildman–Crippen LogP) is 2.67. The van der Waals surface area contributed by atoms with Gasteiger partial charge in [0.1, 0.15) is 11.9 Å². The van der Waals surface area contributed by atoms with E-state index < -0.39 is 21.9 Å². The molecule has 0 aromatic heterocycles. The highest BCUT2D eigenvalue weighted by Crippen LogP contribution is 2.23. The maximum absolute atomic E-state index is 13.0. The first-order valence-corrected chi connectivity index (χ1v) is 9.49. The van der Waals surface area contributed by atoms with E-state index in [1.807, 2.05) is 0 Å². The molecule has 1 aliphatic heterocycles. The van der Waals surface area contributed by atoms with Crippen LogP contribution in [-0.4, -0.2) is 26.9 Å². The molecular formula is C16H14BrFN2O3S. The maximum Gasteiger partial charge on any atom is 0.245 e. The number of carbonyl (C=O) groups excluding carboxylic acids is 1. The minimum absolute atomic E-state index is 0.0879. The third-order valence-electron chi connectivity index (χ3n) is 3.75. The molecule has 126 valence electrons. The van der Waals surface area contributed by atoms with Gasteiger partial charge in [-0.15, -0.1) is 0 Å². The maximum atomic E-state index is 13.0. The zero-order valence-electron chi connectivity index (χ0n) is 12.4. The van der Waals surface area contributed by atoms with E-state index in [0.717, 1.165) is 0 Å². The number of amides is 1. The minimum atomic E-state index is -3.80. The van der Waals surface area contributed by atoms with Crippen LogP contribution in [0.25, 0.3) is 0 Å². The standard InChI is InChI=1S/C16H14BrFN2O3S/c17-11-2-1-3-14(10-11)24(22,23)19-15-8-9-20(16(15)21)13-6-4-12(18)5-7-13/h1-7,10,15,19H,8-9H2. The lowest BCUT2D eigenvalue weighted by atomic mass is 10.3. The smallest absolute Gasteiger partial charge is 0.245 e. The van der Waals surface area contributed by atoms with Gasteiger partial charge in [-0.1, -0.05) is 22.0 Å². The van der Waals surface area contributed by atoms with Gasteiger partial charge in [-0.25, -0.2) is 12.8 Å². The molecule has 1 heterocycles. The molecule has 3 rings (SSSR count). The molecule has 8 heteroatoms. The third kappa shape index (κ3) is 3.50. The summed E-state index contributed by atoms with van der Waals surface area (Å²) in [7, 11) is -3.80. The minimum Gasteiger partial charge on any atom is -0.311 e. The zero-order chi connectivity index (χ0) is 17.3. The van der Waals surface area contributed by atoms with Crippen molar-refractivity contribution < 1.29 is 17.6 Å². The average Bonchev–Trinajstić information content (AvgIpc) is 2.89. The van der Waals surface area contributed by atoms with Crippen molar-refractivity contribution in [1.82, 2.24) is 4.72 Å². The summed E-state index contributed by atoms with van der Waals surface area (Å²) in [6.45, 7) is 0.371. The number of rotatable bonds is 4. The molecule has 1 atom stereocenters. The van der Waals surface area contributed by atoms with Crippen molar-refractivity contribution in [2.75, 3.05) is 11.4 Å². The molecule has 0 aliphatic carbocycles. The van der Waals surface area contributed by atoms with E-state index >= 15 is 0 Å². The molecule has 5 nitrogen and oxygen atoms in total. The van der Waals surface area contributed by atoms with Crippen molar-refractivity contribution >= 4 is 37.5 Å². The Morgan fingerprint density at radius 2 is 1.88 bits per heavy atom.